The Bertz CT molecular complexity index is 990. The van der Waals surface area contributed by atoms with E-state index in [-0.39, 0.29) is 29.2 Å². The fraction of sp³-hybridized carbons (Fsp3) is 0.118. The second kappa shape index (κ2) is 7.68. The summed E-state index contributed by atoms with van der Waals surface area (Å²) in [6.07, 6.45) is 1.94. The lowest BCUT2D eigenvalue weighted by molar-refractivity contribution is -0.109. The molecule has 0 bridgehead atoms. The van der Waals surface area contributed by atoms with Gasteiger partial charge in [-0.05, 0) is 46.9 Å². The number of furan rings is 1. The van der Waals surface area contributed by atoms with E-state index >= 15 is 0 Å². The fourth-order valence-electron chi connectivity index (χ4n) is 2.46. The van der Waals surface area contributed by atoms with Crippen molar-refractivity contribution in [3.05, 3.63) is 51.2 Å². The molecule has 0 aliphatic heterocycles. The van der Waals surface area contributed by atoms with Crippen LogP contribution in [-0.4, -0.2) is 24.5 Å². The highest BCUT2D eigenvalue weighted by molar-refractivity contribution is 14.1. The van der Waals surface area contributed by atoms with Crippen LogP contribution >= 0.6 is 22.6 Å². The zero-order valence-electron chi connectivity index (χ0n) is 13.5. The van der Waals surface area contributed by atoms with Gasteiger partial charge in [-0.2, -0.15) is 0 Å². The van der Waals surface area contributed by atoms with Crippen LogP contribution in [0.5, 0.6) is 0 Å². The highest BCUT2D eigenvalue weighted by Crippen LogP contribution is 2.31. The van der Waals surface area contributed by atoms with E-state index in [9.17, 15) is 14.0 Å². The average molecular weight is 469 g/mol. The normalized spacial score (nSPS) is 10.6. The second-order valence-electron chi connectivity index (χ2n) is 5.19. The summed E-state index contributed by atoms with van der Waals surface area (Å²) in [4.78, 5) is 27.3. The first kappa shape index (κ1) is 18.1. The minimum absolute atomic E-state index is 0.0419. The molecular formula is C17H13FIN3O4. The van der Waals surface area contributed by atoms with Gasteiger partial charge >= 0.3 is 5.97 Å². The lowest BCUT2D eigenvalue weighted by atomic mass is 10.1. The number of pyridine rings is 1. The van der Waals surface area contributed by atoms with E-state index in [0.29, 0.717) is 17.5 Å². The van der Waals surface area contributed by atoms with Crippen molar-refractivity contribution >= 4 is 57.4 Å². The molecule has 0 aliphatic rings. The van der Waals surface area contributed by atoms with Gasteiger partial charge in [0.2, 0.25) is 6.41 Å². The molecule has 0 spiro atoms. The summed E-state index contributed by atoms with van der Waals surface area (Å²) < 4.78 is 25.2. The lowest BCUT2D eigenvalue weighted by Gasteiger charge is -2.13. The third kappa shape index (κ3) is 3.47. The Morgan fingerprint density at radius 3 is 2.92 bits per heavy atom. The van der Waals surface area contributed by atoms with Crippen molar-refractivity contribution in [1.29, 1.82) is 0 Å². The van der Waals surface area contributed by atoms with Crippen molar-refractivity contribution in [3.63, 3.8) is 0 Å². The van der Waals surface area contributed by atoms with Crippen LogP contribution < -0.4 is 10.6 Å². The van der Waals surface area contributed by atoms with Crippen LogP contribution in [0.1, 0.15) is 16.1 Å². The molecule has 3 rings (SSSR count). The summed E-state index contributed by atoms with van der Waals surface area (Å²) in [5, 5.41) is 5.88. The van der Waals surface area contributed by atoms with Crippen LogP contribution in [-0.2, 0) is 16.1 Å². The predicted octanol–water partition coefficient (Wildman–Crippen LogP) is 3.35. The molecule has 134 valence electrons. The maximum atomic E-state index is 14.2. The smallest absolute Gasteiger partial charge is 0.345 e. The Morgan fingerprint density at radius 2 is 2.23 bits per heavy atom. The summed E-state index contributed by atoms with van der Waals surface area (Å²) in [7, 11) is 1.23. The van der Waals surface area contributed by atoms with E-state index < -0.39 is 11.8 Å². The number of nitrogens with one attached hydrogen (secondary N) is 2. The molecule has 2 aromatic heterocycles. The zero-order chi connectivity index (χ0) is 18.7. The Morgan fingerprint density at radius 1 is 1.42 bits per heavy atom. The van der Waals surface area contributed by atoms with Crippen LogP contribution in [0.25, 0.3) is 11.0 Å². The van der Waals surface area contributed by atoms with Crippen molar-refractivity contribution in [1.82, 2.24) is 10.3 Å². The van der Waals surface area contributed by atoms with E-state index in [1.807, 2.05) is 22.6 Å². The number of methoxy groups -OCH3 is 1. The molecule has 0 radical (unpaired) electrons. The number of hydrogen-bond acceptors (Lipinski definition) is 6. The lowest BCUT2D eigenvalue weighted by Crippen LogP contribution is -2.15. The summed E-state index contributed by atoms with van der Waals surface area (Å²) in [5.41, 5.74) is 0.883. The van der Waals surface area contributed by atoms with Gasteiger partial charge in [0.15, 0.2) is 5.58 Å². The van der Waals surface area contributed by atoms with Gasteiger partial charge in [0.1, 0.15) is 17.2 Å². The number of benzene rings is 1. The molecule has 2 N–H and O–H groups in total. The van der Waals surface area contributed by atoms with Gasteiger partial charge in [-0.3, -0.25) is 4.79 Å². The molecule has 26 heavy (non-hydrogen) atoms. The molecule has 7 nitrogen and oxygen atoms in total. The van der Waals surface area contributed by atoms with E-state index in [2.05, 4.69) is 15.6 Å². The van der Waals surface area contributed by atoms with Crippen molar-refractivity contribution < 1.29 is 23.1 Å². The van der Waals surface area contributed by atoms with Crippen molar-refractivity contribution in [2.45, 2.75) is 6.54 Å². The molecule has 9 heteroatoms. The maximum absolute atomic E-state index is 14.2. The number of halogens is 2. The molecule has 0 aliphatic carbocycles. The number of carbonyl (C=O) groups is 2. The highest BCUT2D eigenvalue weighted by atomic mass is 127. The standard InChI is InChI=1S/C17H13FIN3O4/c1-25-17(24)14-15-10(4-5-26-15)13(7-20-8-23)22-16(14)21-12-3-2-9(19)6-11(12)18/h2-6,8H,7H2,1H3,(H,20,23)(H,21,22). The number of amides is 1. The van der Waals surface area contributed by atoms with Crippen molar-refractivity contribution in [2.75, 3.05) is 12.4 Å². The van der Waals surface area contributed by atoms with Crippen molar-refractivity contribution in [3.8, 4) is 0 Å². The van der Waals surface area contributed by atoms with E-state index in [4.69, 9.17) is 9.15 Å². The number of nitrogens with zero attached hydrogens (tertiary/aromatic N) is 1. The Kier molecular flexibility index (Phi) is 5.35. The van der Waals surface area contributed by atoms with E-state index in [0.717, 1.165) is 3.57 Å². The number of hydrogen-bond donors (Lipinski definition) is 2. The Balaban J connectivity index is 2.17. The van der Waals surface area contributed by atoms with Gasteiger partial charge in [0.05, 0.1) is 31.3 Å². The molecule has 0 saturated heterocycles. The minimum atomic E-state index is -0.680. The van der Waals surface area contributed by atoms with Gasteiger partial charge in [-0.15, -0.1) is 0 Å². The zero-order valence-corrected chi connectivity index (χ0v) is 15.7. The summed E-state index contributed by atoms with van der Waals surface area (Å²) in [6, 6.07) is 6.23. The van der Waals surface area contributed by atoms with Gasteiger partial charge in [0.25, 0.3) is 0 Å². The quantitative estimate of drug-likeness (QED) is 0.327. The third-order valence-electron chi connectivity index (χ3n) is 3.61. The maximum Gasteiger partial charge on any atom is 0.345 e. The summed E-state index contributed by atoms with van der Waals surface area (Å²) in [5.74, 6) is -1.11. The Hall–Kier alpha value is -2.69. The molecule has 0 saturated carbocycles. The second-order valence-corrected chi connectivity index (χ2v) is 6.43. The summed E-state index contributed by atoms with van der Waals surface area (Å²) in [6.45, 7) is 0.116. The van der Waals surface area contributed by atoms with Crippen LogP contribution in [0.2, 0.25) is 0 Å². The minimum Gasteiger partial charge on any atom is -0.465 e. The molecule has 0 atom stereocenters. The molecule has 0 fully saturated rings. The number of aromatic nitrogens is 1. The number of anilines is 2. The summed E-state index contributed by atoms with van der Waals surface area (Å²) >= 11 is 1.99. The third-order valence-corrected chi connectivity index (χ3v) is 4.28. The number of carbonyl (C=O) groups excluding carboxylic acids is 2. The van der Waals surface area contributed by atoms with Crippen LogP contribution in [0.4, 0.5) is 15.9 Å². The SMILES string of the molecule is COC(=O)c1c(Nc2ccc(I)cc2F)nc(CNC=O)c2ccoc12. The number of fused-ring (bicyclic) bond motifs is 1. The molecule has 1 amide bonds. The first-order valence-corrected chi connectivity index (χ1v) is 8.50. The molecule has 0 unspecified atom stereocenters. The van der Waals surface area contributed by atoms with Crippen LogP contribution in [0.15, 0.2) is 34.9 Å². The first-order valence-electron chi connectivity index (χ1n) is 7.42. The van der Waals surface area contributed by atoms with Crippen LogP contribution in [0.3, 0.4) is 0 Å². The number of rotatable bonds is 6. The van der Waals surface area contributed by atoms with Gasteiger partial charge in [-0.1, -0.05) is 0 Å². The monoisotopic (exact) mass is 469 g/mol. The molecule has 1 aromatic carbocycles. The van der Waals surface area contributed by atoms with E-state index in [1.165, 1.54) is 25.5 Å². The number of ether oxygens (including phenoxy) is 1. The van der Waals surface area contributed by atoms with Gasteiger partial charge in [0, 0.05) is 8.96 Å². The Labute approximate surface area is 161 Å². The predicted molar refractivity (Wildman–Crippen MR) is 101 cm³/mol. The van der Waals surface area contributed by atoms with Gasteiger partial charge < -0.3 is 19.8 Å². The highest BCUT2D eigenvalue weighted by Gasteiger charge is 2.23. The molecular weight excluding hydrogens is 456 g/mol. The molecule has 2 heterocycles. The van der Waals surface area contributed by atoms with Crippen LogP contribution in [0, 0.1) is 9.39 Å². The van der Waals surface area contributed by atoms with Crippen molar-refractivity contribution in [2.24, 2.45) is 0 Å². The van der Waals surface area contributed by atoms with Gasteiger partial charge in [-0.25, -0.2) is 14.2 Å². The first-order chi connectivity index (χ1) is 12.5. The molecule has 3 aromatic rings. The topological polar surface area (TPSA) is 93.5 Å². The largest absolute Gasteiger partial charge is 0.465 e. The average Bonchev–Trinajstić information content (AvgIpc) is 3.11. The number of esters is 1. The van der Waals surface area contributed by atoms with E-state index in [1.54, 1.807) is 12.1 Å². The fourth-order valence-corrected chi connectivity index (χ4v) is 2.92.